The van der Waals surface area contributed by atoms with Gasteiger partial charge in [-0.15, -0.1) is 11.3 Å². The van der Waals surface area contributed by atoms with E-state index in [1.165, 1.54) is 19.3 Å². The third-order valence-electron chi connectivity index (χ3n) is 5.17. The Morgan fingerprint density at radius 3 is 3.12 bits per heavy atom. The van der Waals surface area contributed by atoms with Crippen LogP contribution in [0, 0.1) is 0 Å². The number of carbonyl (C=O) groups excluding carboxylic acids is 1. The van der Waals surface area contributed by atoms with Crippen molar-refractivity contribution in [2.75, 3.05) is 6.61 Å². The van der Waals surface area contributed by atoms with Gasteiger partial charge in [-0.25, -0.2) is 9.78 Å². The van der Waals surface area contributed by atoms with Gasteiger partial charge in [0.15, 0.2) is 4.96 Å². The van der Waals surface area contributed by atoms with Gasteiger partial charge in [-0.2, -0.15) is 0 Å². The van der Waals surface area contributed by atoms with E-state index < -0.39 is 0 Å². The van der Waals surface area contributed by atoms with E-state index in [0.717, 1.165) is 42.9 Å². The first kappa shape index (κ1) is 15.9. The first-order chi connectivity index (χ1) is 11.7. The van der Waals surface area contributed by atoms with Gasteiger partial charge in [0.2, 0.25) is 0 Å². The lowest BCUT2D eigenvalue weighted by Crippen LogP contribution is -2.51. The normalized spacial score (nSPS) is 23.4. The highest BCUT2D eigenvalue weighted by molar-refractivity contribution is 7.15. The highest BCUT2D eigenvalue weighted by atomic mass is 32.1. The van der Waals surface area contributed by atoms with Crippen LogP contribution in [0.15, 0.2) is 17.8 Å². The van der Waals surface area contributed by atoms with Crippen molar-refractivity contribution in [1.29, 1.82) is 0 Å². The fourth-order valence-electron chi connectivity index (χ4n) is 3.96. The Morgan fingerprint density at radius 1 is 1.42 bits per heavy atom. The monoisotopic (exact) mass is 348 g/mol. The zero-order valence-electron chi connectivity index (χ0n) is 13.8. The van der Waals surface area contributed by atoms with Gasteiger partial charge < -0.3 is 15.4 Å². The Hall–Kier alpha value is -1.60. The second-order valence-electron chi connectivity index (χ2n) is 6.93. The zero-order chi connectivity index (χ0) is 16.4. The van der Waals surface area contributed by atoms with Crippen molar-refractivity contribution in [3.05, 3.63) is 23.5 Å². The minimum absolute atomic E-state index is 0.0166. The summed E-state index contributed by atoms with van der Waals surface area (Å²) >= 11 is 1.59. The van der Waals surface area contributed by atoms with Gasteiger partial charge in [0, 0.05) is 30.4 Å². The molecule has 1 aliphatic carbocycles. The maximum absolute atomic E-state index is 12.2. The maximum atomic E-state index is 12.2. The standard InChI is InChI=1S/C17H24N4O2S/c22-15(18-11-14-12-21-7-9-24-16(21)20-14)19-13-4-8-23-17(10-13)5-2-1-3-6-17/h7,9,12-13H,1-6,8,10-11H2,(H2,18,19,22)/t13-/m1/s1. The summed E-state index contributed by atoms with van der Waals surface area (Å²) < 4.78 is 8.07. The van der Waals surface area contributed by atoms with Gasteiger partial charge >= 0.3 is 6.03 Å². The highest BCUT2D eigenvalue weighted by Crippen LogP contribution is 2.38. The molecule has 2 aromatic rings. The molecule has 1 saturated heterocycles. The quantitative estimate of drug-likeness (QED) is 0.896. The predicted molar refractivity (Wildman–Crippen MR) is 93.2 cm³/mol. The number of amides is 2. The van der Waals surface area contributed by atoms with E-state index in [1.807, 2.05) is 22.2 Å². The third kappa shape index (κ3) is 3.42. The molecule has 6 nitrogen and oxygen atoms in total. The summed E-state index contributed by atoms with van der Waals surface area (Å²) in [5.74, 6) is 0. The third-order valence-corrected chi connectivity index (χ3v) is 5.94. The summed E-state index contributed by atoms with van der Waals surface area (Å²) in [5.41, 5.74) is 0.899. The Bertz CT molecular complexity index is 670. The molecular formula is C17H24N4O2S. The topological polar surface area (TPSA) is 67.7 Å². The van der Waals surface area contributed by atoms with Crippen LogP contribution < -0.4 is 10.6 Å². The molecule has 7 heteroatoms. The van der Waals surface area contributed by atoms with Crippen LogP contribution in [0.1, 0.15) is 50.6 Å². The van der Waals surface area contributed by atoms with Gasteiger partial charge in [0.05, 0.1) is 17.8 Å². The number of thiazole rings is 1. The lowest BCUT2D eigenvalue weighted by atomic mass is 9.78. The van der Waals surface area contributed by atoms with Crippen LogP contribution in [0.3, 0.4) is 0 Å². The molecule has 24 heavy (non-hydrogen) atoms. The van der Waals surface area contributed by atoms with Crippen molar-refractivity contribution < 1.29 is 9.53 Å². The average Bonchev–Trinajstić information content (AvgIpc) is 3.15. The molecule has 4 rings (SSSR count). The molecule has 1 aliphatic heterocycles. The summed E-state index contributed by atoms with van der Waals surface area (Å²) in [7, 11) is 0. The number of carbonyl (C=O) groups is 1. The molecule has 0 radical (unpaired) electrons. The molecule has 130 valence electrons. The van der Waals surface area contributed by atoms with E-state index >= 15 is 0 Å². The van der Waals surface area contributed by atoms with Crippen LogP contribution in [0.2, 0.25) is 0 Å². The van der Waals surface area contributed by atoms with Crippen molar-refractivity contribution in [3.63, 3.8) is 0 Å². The summed E-state index contributed by atoms with van der Waals surface area (Å²) in [6.07, 6.45) is 11.9. The first-order valence-electron chi connectivity index (χ1n) is 8.82. The maximum Gasteiger partial charge on any atom is 0.315 e. The fourth-order valence-corrected chi connectivity index (χ4v) is 4.68. The number of rotatable bonds is 3. The van der Waals surface area contributed by atoms with Crippen LogP contribution in [0.25, 0.3) is 4.96 Å². The fraction of sp³-hybridized carbons (Fsp3) is 0.647. The molecule has 0 aromatic carbocycles. The van der Waals surface area contributed by atoms with E-state index in [0.29, 0.717) is 6.54 Å². The molecule has 2 fully saturated rings. The van der Waals surface area contributed by atoms with E-state index in [4.69, 9.17) is 4.74 Å². The summed E-state index contributed by atoms with van der Waals surface area (Å²) in [5, 5.41) is 8.05. The lowest BCUT2D eigenvalue weighted by molar-refractivity contribution is -0.107. The first-order valence-corrected chi connectivity index (χ1v) is 9.70. The molecule has 2 N–H and O–H groups in total. The smallest absolute Gasteiger partial charge is 0.315 e. The number of ether oxygens (including phenoxy) is 1. The van der Waals surface area contributed by atoms with E-state index in [1.54, 1.807) is 11.3 Å². The van der Waals surface area contributed by atoms with Crippen LogP contribution in [-0.2, 0) is 11.3 Å². The van der Waals surface area contributed by atoms with Crippen molar-refractivity contribution in [2.24, 2.45) is 0 Å². The van der Waals surface area contributed by atoms with Crippen LogP contribution in [0.5, 0.6) is 0 Å². The van der Waals surface area contributed by atoms with E-state index in [2.05, 4.69) is 15.6 Å². The largest absolute Gasteiger partial charge is 0.375 e. The molecule has 3 heterocycles. The molecule has 0 unspecified atom stereocenters. The van der Waals surface area contributed by atoms with Crippen LogP contribution in [0.4, 0.5) is 4.79 Å². The molecule has 1 saturated carbocycles. The molecule has 1 spiro atoms. The summed E-state index contributed by atoms with van der Waals surface area (Å²) in [6.45, 7) is 1.21. The number of fused-ring (bicyclic) bond motifs is 1. The Labute approximate surface area is 145 Å². The van der Waals surface area contributed by atoms with Gasteiger partial charge in [0.1, 0.15) is 0 Å². The van der Waals surface area contributed by atoms with Crippen molar-refractivity contribution in [2.45, 2.75) is 63.1 Å². The molecule has 1 atom stereocenters. The Balaban J connectivity index is 1.28. The van der Waals surface area contributed by atoms with Gasteiger partial charge in [-0.05, 0) is 25.7 Å². The average molecular weight is 348 g/mol. The van der Waals surface area contributed by atoms with Crippen LogP contribution in [-0.4, -0.2) is 33.7 Å². The number of imidazole rings is 1. The lowest BCUT2D eigenvalue weighted by Gasteiger charge is -2.43. The van der Waals surface area contributed by atoms with Gasteiger partial charge in [-0.1, -0.05) is 19.3 Å². The molecule has 2 aromatic heterocycles. The summed E-state index contributed by atoms with van der Waals surface area (Å²) in [4.78, 5) is 17.6. The SMILES string of the molecule is O=C(NCc1cn2ccsc2n1)N[C@@H]1CCOC2(CCCCC2)C1. The van der Waals surface area contributed by atoms with Crippen LogP contribution >= 0.6 is 11.3 Å². The molecular weight excluding hydrogens is 324 g/mol. The van der Waals surface area contributed by atoms with Crippen molar-refractivity contribution >= 4 is 22.3 Å². The van der Waals surface area contributed by atoms with E-state index in [-0.39, 0.29) is 17.7 Å². The van der Waals surface area contributed by atoms with Gasteiger partial charge in [0.25, 0.3) is 0 Å². The van der Waals surface area contributed by atoms with Crippen molar-refractivity contribution in [3.8, 4) is 0 Å². The van der Waals surface area contributed by atoms with E-state index in [9.17, 15) is 4.79 Å². The van der Waals surface area contributed by atoms with Crippen molar-refractivity contribution in [1.82, 2.24) is 20.0 Å². The number of hydrogen-bond donors (Lipinski definition) is 2. The molecule has 0 bridgehead atoms. The number of nitrogens with zero attached hydrogens (tertiary/aromatic N) is 2. The predicted octanol–water partition coefficient (Wildman–Crippen LogP) is 3.08. The molecule has 2 amide bonds. The Kier molecular flexibility index (Phi) is 4.45. The Morgan fingerprint density at radius 2 is 2.29 bits per heavy atom. The zero-order valence-corrected chi connectivity index (χ0v) is 14.6. The minimum Gasteiger partial charge on any atom is -0.375 e. The number of nitrogens with one attached hydrogen (secondary N) is 2. The second kappa shape index (κ2) is 6.72. The van der Waals surface area contributed by atoms with Gasteiger partial charge in [-0.3, -0.25) is 4.40 Å². The second-order valence-corrected chi connectivity index (χ2v) is 7.81. The number of urea groups is 1. The number of hydrogen-bond acceptors (Lipinski definition) is 4. The molecule has 2 aliphatic rings. The highest BCUT2D eigenvalue weighted by Gasteiger charge is 2.38. The summed E-state index contributed by atoms with van der Waals surface area (Å²) in [6, 6.07) is 0.103. The number of aromatic nitrogens is 2. The minimum atomic E-state index is -0.107.